The third-order valence-corrected chi connectivity index (χ3v) is 3.77. The van der Waals surface area contributed by atoms with Gasteiger partial charge in [-0.25, -0.2) is 0 Å². The molecule has 0 saturated heterocycles. The van der Waals surface area contributed by atoms with Crippen LogP contribution in [-0.4, -0.2) is 27.5 Å². The molecule has 6 heteroatoms. The first-order chi connectivity index (χ1) is 12.1. The number of rotatable bonds is 6. The molecular formula is C19H21N3O3. The third kappa shape index (κ3) is 3.96. The molecule has 0 N–H and O–H groups in total. The average Bonchev–Trinajstić information content (AvgIpc) is 3.24. The van der Waals surface area contributed by atoms with Crippen LogP contribution in [0.1, 0.15) is 40.7 Å². The van der Waals surface area contributed by atoms with E-state index in [9.17, 15) is 4.79 Å². The molecule has 25 heavy (non-hydrogen) atoms. The normalized spacial score (nSPS) is 10.8. The van der Waals surface area contributed by atoms with Crippen molar-refractivity contribution in [1.29, 1.82) is 0 Å². The number of aryl methyl sites for hydroxylation is 2. The summed E-state index contributed by atoms with van der Waals surface area (Å²) < 4.78 is 10.9. The zero-order valence-corrected chi connectivity index (χ0v) is 14.7. The SMILES string of the molecule is CCCN(Cc1nnc(-c2ccco2)o1)C(=O)c1cc(C)cc(C)c1. The van der Waals surface area contributed by atoms with Gasteiger partial charge in [-0.05, 0) is 44.5 Å². The van der Waals surface area contributed by atoms with Crippen LogP contribution in [0.2, 0.25) is 0 Å². The van der Waals surface area contributed by atoms with Crippen molar-refractivity contribution < 1.29 is 13.6 Å². The predicted octanol–water partition coefficient (Wildman–Crippen LogP) is 4.00. The summed E-state index contributed by atoms with van der Waals surface area (Å²) >= 11 is 0. The molecular weight excluding hydrogens is 318 g/mol. The molecule has 2 heterocycles. The fourth-order valence-electron chi connectivity index (χ4n) is 2.78. The zero-order valence-electron chi connectivity index (χ0n) is 14.7. The van der Waals surface area contributed by atoms with Crippen molar-refractivity contribution in [2.45, 2.75) is 33.7 Å². The molecule has 130 valence electrons. The number of carbonyl (C=O) groups excluding carboxylic acids is 1. The minimum atomic E-state index is -0.0357. The van der Waals surface area contributed by atoms with E-state index >= 15 is 0 Å². The Morgan fingerprint density at radius 3 is 2.56 bits per heavy atom. The van der Waals surface area contributed by atoms with Gasteiger partial charge in [0, 0.05) is 12.1 Å². The van der Waals surface area contributed by atoms with Crippen LogP contribution >= 0.6 is 0 Å². The number of aromatic nitrogens is 2. The molecule has 0 fully saturated rings. The summed E-state index contributed by atoms with van der Waals surface area (Å²) in [6.45, 7) is 6.89. The summed E-state index contributed by atoms with van der Waals surface area (Å²) in [5.74, 6) is 1.18. The zero-order chi connectivity index (χ0) is 17.8. The van der Waals surface area contributed by atoms with Crippen molar-refractivity contribution >= 4 is 5.91 Å². The fraction of sp³-hybridized carbons (Fsp3) is 0.316. The molecule has 0 bridgehead atoms. The number of furan rings is 1. The topological polar surface area (TPSA) is 72.4 Å². The Kier molecular flexibility index (Phi) is 4.97. The van der Waals surface area contributed by atoms with Gasteiger partial charge in [-0.3, -0.25) is 4.79 Å². The summed E-state index contributed by atoms with van der Waals surface area (Å²) in [6.07, 6.45) is 2.39. The molecule has 2 aromatic heterocycles. The molecule has 0 spiro atoms. The van der Waals surface area contributed by atoms with Crippen LogP contribution in [0, 0.1) is 13.8 Å². The molecule has 1 amide bonds. The van der Waals surface area contributed by atoms with E-state index in [1.807, 2.05) is 32.9 Å². The fourth-order valence-corrected chi connectivity index (χ4v) is 2.78. The van der Waals surface area contributed by atoms with Gasteiger partial charge in [-0.1, -0.05) is 24.1 Å². The second kappa shape index (κ2) is 7.34. The standard InChI is InChI=1S/C19H21N3O3/c1-4-7-22(19(23)15-10-13(2)9-14(3)11-15)12-17-20-21-18(25-17)16-6-5-8-24-16/h5-6,8-11H,4,7,12H2,1-3H3. The van der Waals surface area contributed by atoms with Crippen molar-refractivity contribution in [3.05, 3.63) is 59.2 Å². The van der Waals surface area contributed by atoms with Gasteiger partial charge < -0.3 is 13.7 Å². The molecule has 0 aliphatic carbocycles. The number of carbonyl (C=O) groups is 1. The van der Waals surface area contributed by atoms with Crippen LogP contribution < -0.4 is 0 Å². The largest absolute Gasteiger partial charge is 0.459 e. The molecule has 0 radical (unpaired) electrons. The summed E-state index contributed by atoms with van der Waals surface area (Å²) in [6, 6.07) is 9.36. The molecule has 1 aromatic carbocycles. The van der Waals surface area contributed by atoms with Crippen LogP contribution in [0.4, 0.5) is 0 Å². The van der Waals surface area contributed by atoms with Gasteiger partial charge in [0.05, 0.1) is 12.8 Å². The second-order valence-electron chi connectivity index (χ2n) is 6.08. The van der Waals surface area contributed by atoms with Gasteiger partial charge >= 0.3 is 0 Å². The Bertz CT molecular complexity index is 832. The van der Waals surface area contributed by atoms with Crippen molar-refractivity contribution in [2.24, 2.45) is 0 Å². The van der Waals surface area contributed by atoms with Crippen molar-refractivity contribution in [1.82, 2.24) is 15.1 Å². The highest BCUT2D eigenvalue weighted by molar-refractivity contribution is 5.94. The lowest BCUT2D eigenvalue weighted by atomic mass is 10.1. The number of hydrogen-bond donors (Lipinski definition) is 0. The molecule has 3 rings (SSSR count). The van der Waals surface area contributed by atoms with E-state index in [1.54, 1.807) is 23.3 Å². The molecule has 0 saturated carbocycles. The van der Waals surface area contributed by atoms with Gasteiger partial charge in [0.1, 0.15) is 0 Å². The van der Waals surface area contributed by atoms with E-state index in [-0.39, 0.29) is 12.5 Å². The summed E-state index contributed by atoms with van der Waals surface area (Å²) in [7, 11) is 0. The van der Waals surface area contributed by atoms with E-state index in [0.717, 1.165) is 17.5 Å². The van der Waals surface area contributed by atoms with Crippen LogP contribution in [0.5, 0.6) is 0 Å². The average molecular weight is 339 g/mol. The van der Waals surface area contributed by atoms with E-state index in [0.29, 0.717) is 29.6 Å². The van der Waals surface area contributed by atoms with Gasteiger partial charge in [0.2, 0.25) is 5.89 Å². The Morgan fingerprint density at radius 2 is 1.92 bits per heavy atom. The lowest BCUT2D eigenvalue weighted by molar-refractivity contribution is 0.0728. The molecule has 6 nitrogen and oxygen atoms in total. The molecule has 0 atom stereocenters. The quantitative estimate of drug-likeness (QED) is 0.679. The highest BCUT2D eigenvalue weighted by atomic mass is 16.4. The maximum absolute atomic E-state index is 12.9. The van der Waals surface area contributed by atoms with Gasteiger partial charge in [-0.2, -0.15) is 0 Å². The third-order valence-electron chi connectivity index (χ3n) is 3.77. The van der Waals surface area contributed by atoms with E-state index < -0.39 is 0 Å². The maximum atomic E-state index is 12.9. The molecule has 0 aliphatic rings. The van der Waals surface area contributed by atoms with E-state index in [2.05, 4.69) is 16.3 Å². The number of amides is 1. The van der Waals surface area contributed by atoms with E-state index in [1.165, 1.54) is 0 Å². The number of benzene rings is 1. The Balaban J connectivity index is 1.80. The Hall–Kier alpha value is -2.89. The van der Waals surface area contributed by atoms with Crippen molar-refractivity contribution in [2.75, 3.05) is 6.54 Å². The molecule has 0 unspecified atom stereocenters. The van der Waals surface area contributed by atoms with Gasteiger partial charge in [-0.15, -0.1) is 10.2 Å². The van der Waals surface area contributed by atoms with Crippen LogP contribution in [0.15, 0.2) is 45.4 Å². The maximum Gasteiger partial charge on any atom is 0.283 e. The summed E-state index contributed by atoms with van der Waals surface area (Å²) in [5, 5.41) is 8.02. The van der Waals surface area contributed by atoms with Crippen molar-refractivity contribution in [3.63, 3.8) is 0 Å². The highest BCUT2D eigenvalue weighted by Crippen LogP contribution is 2.19. The minimum Gasteiger partial charge on any atom is -0.459 e. The van der Waals surface area contributed by atoms with Crippen LogP contribution in [0.3, 0.4) is 0 Å². The van der Waals surface area contributed by atoms with Crippen LogP contribution in [0.25, 0.3) is 11.7 Å². The predicted molar refractivity (Wildman–Crippen MR) is 92.9 cm³/mol. The van der Waals surface area contributed by atoms with Gasteiger partial charge in [0.15, 0.2) is 5.76 Å². The van der Waals surface area contributed by atoms with Crippen molar-refractivity contribution in [3.8, 4) is 11.7 Å². The smallest absolute Gasteiger partial charge is 0.283 e. The lowest BCUT2D eigenvalue weighted by Crippen LogP contribution is -2.31. The lowest BCUT2D eigenvalue weighted by Gasteiger charge is -2.20. The number of hydrogen-bond acceptors (Lipinski definition) is 5. The number of nitrogens with zero attached hydrogens (tertiary/aromatic N) is 3. The summed E-state index contributed by atoms with van der Waals surface area (Å²) in [5.41, 5.74) is 2.81. The highest BCUT2D eigenvalue weighted by Gasteiger charge is 2.20. The first-order valence-corrected chi connectivity index (χ1v) is 8.30. The molecule has 0 aliphatic heterocycles. The monoisotopic (exact) mass is 339 g/mol. The Labute approximate surface area is 146 Å². The summed E-state index contributed by atoms with van der Waals surface area (Å²) in [4.78, 5) is 14.6. The van der Waals surface area contributed by atoms with Crippen LogP contribution in [-0.2, 0) is 6.54 Å². The first kappa shape index (κ1) is 17.0. The molecule has 3 aromatic rings. The Morgan fingerprint density at radius 1 is 1.16 bits per heavy atom. The second-order valence-corrected chi connectivity index (χ2v) is 6.08. The minimum absolute atomic E-state index is 0.0357. The van der Waals surface area contributed by atoms with E-state index in [4.69, 9.17) is 8.83 Å². The first-order valence-electron chi connectivity index (χ1n) is 8.30. The van der Waals surface area contributed by atoms with Gasteiger partial charge in [0.25, 0.3) is 11.8 Å².